The molecule has 8 aromatic rings. The van der Waals surface area contributed by atoms with E-state index >= 15 is 0 Å². The number of phenols is 1. The SMILES string of the molecule is CC(C)(C)c1cc(-c2cc(-c3cccc(B(c4ccccn4)c4cc(-c5ccccc5)cc5ccsc45)c3)nc(-c3ccccc3O)c2)cc(C(C)(C)C)c1. The van der Waals surface area contributed by atoms with Crippen LogP contribution in [-0.4, -0.2) is 21.8 Å². The highest BCUT2D eigenvalue weighted by Crippen LogP contribution is 2.38. The first-order valence-electron chi connectivity index (χ1n) is 19.0. The van der Waals surface area contributed by atoms with Gasteiger partial charge in [0.1, 0.15) is 5.75 Å². The fourth-order valence-corrected chi connectivity index (χ4v) is 8.32. The Labute approximate surface area is 329 Å². The molecule has 0 aliphatic heterocycles. The van der Waals surface area contributed by atoms with E-state index < -0.39 is 0 Å². The lowest BCUT2D eigenvalue weighted by atomic mass is 9.38. The molecule has 0 spiro atoms. The third-order valence-corrected chi connectivity index (χ3v) is 11.5. The van der Waals surface area contributed by atoms with E-state index in [4.69, 9.17) is 9.97 Å². The first-order valence-corrected chi connectivity index (χ1v) is 19.8. The smallest absolute Gasteiger partial charge is 0.266 e. The summed E-state index contributed by atoms with van der Waals surface area (Å²) < 4.78 is 1.26. The van der Waals surface area contributed by atoms with Gasteiger partial charge in [-0.2, -0.15) is 0 Å². The second-order valence-corrected chi connectivity index (χ2v) is 17.4. The van der Waals surface area contributed by atoms with E-state index in [-0.39, 0.29) is 23.3 Å². The standard InChI is InChI=1S/C50H45BN2OS/c1-49(2,3)39-26-37(27-40(32-39)50(4,5)6)38-30-44(53-45(31-38)42-19-10-11-20-46(42)54)34-17-14-18-41(28-34)51(47-21-12-13-23-52-47)43-29-36(33-15-8-7-9-16-33)25-35-22-24-55-48(35)43/h7-32,54H,1-6H3. The van der Waals surface area contributed by atoms with Gasteiger partial charge < -0.3 is 5.11 Å². The molecule has 0 aliphatic carbocycles. The number of phenolic OH excluding ortho intramolecular Hbond substituents is 1. The Kier molecular flexibility index (Phi) is 9.52. The van der Waals surface area contributed by atoms with Gasteiger partial charge >= 0.3 is 0 Å². The molecular formula is C50H45BN2OS. The van der Waals surface area contributed by atoms with Gasteiger partial charge in [0.15, 0.2) is 0 Å². The highest BCUT2D eigenvalue weighted by molar-refractivity contribution is 7.20. The predicted octanol–water partition coefficient (Wildman–Crippen LogP) is 11.2. The quantitative estimate of drug-likeness (QED) is 0.166. The molecule has 270 valence electrons. The van der Waals surface area contributed by atoms with E-state index in [1.807, 2.05) is 30.5 Å². The summed E-state index contributed by atoms with van der Waals surface area (Å²) in [6.07, 6.45) is 1.89. The maximum atomic E-state index is 11.1. The molecule has 0 saturated heterocycles. The van der Waals surface area contributed by atoms with Crippen molar-refractivity contribution in [2.24, 2.45) is 0 Å². The van der Waals surface area contributed by atoms with E-state index in [0.29, 0.717) is 5.56 Å². The summed E-state index contributed by atoms with van der Waals surface area (Å²) in [6, 6.07) is 51.3. The van der Waals surface area contributed by atoms with Crippen molar-refractivity contribution in [3.05, 3.63) is 168 Å². The van der Waals surface area contributed by atoms with Crippen LogP contribution < -0.4 is 16.5 Å². The predicted molar refractivity (Wildman–Crippen MR) is 236 cm³/mol. The van der Waals surface area contributed by atoms with E-state index in [1.165, 1.54) is 37.8 Å². The molecule has 3 heterocycles. The van der Waals surface area contributed by atoms with Crippen LogP contribution in [-0.2, 0) is 10.8 Å². The Bertz CT molecular complexity index is 2600. The molecule has 0 fully saturated rings. The van der Waals surface area contributed by atoms with E-state index in [9.17, 15) is 5.11 Å². The zero-order chi connectivity index (χ0) is 38.3. The summed E-state index contributed by atoms with van der Waals surface area (Å²) in [6.45, 7) is 13.5. The molecule has 0 radical (unpaired) electrons. The van der Waals surface area contributed by atoms with Gasteiger partial charge in [-0.3, -0.25) is 4.98 Å². The number of benzene rings is 5. The topological polar surface area (TPSA) is 46.0 Å². The Balaban J connectivity index is 1.34. The van der Waals surface area contributed by atoms with Gasteiger partial charge in [0.05, 0.1) is 11.4 Å². The highest BCUT2D eigenvalue weighted by Gasteiger charge is 2.28. The first kappa shape index (κ1) is 36.2. The van der Waals surface area contributed by atoms with Gasteiger partial charge in [0.2, 0.25) is 0 Å². The summed E-state index contributed by atoms with van der Waals surface area (Å²) in [5.74, 6) is 0.208. The number of hydrogen-bond acceptors (Lipinski definition) is 4. The van der Waals surface area contributed by atoms with Gasteiger partial charge in [-0.25, -0.2) is 4.98 Å². The van der Waals surface area contributed by atoms with Gasteiger partial charge in [-0.15, -0.1) is 11.3 Å². The molecule has 5 aromatic carbocycles. The zero-order valence-electron chi connectivity index (χ0n) is 32.3. The van der Waals surface area contributed by atoms with E-state index in [1.54, 1.807) is 17.4 Å². The second-order valence-electron chi connectivity index (χ2n) is 16.5. The maximum Gasteiger partial charge on any atom is 0.266 e. The van der Waals surface area contributed by atoms with Crippen molar-refractivity contribution in [1.29, 1.82) is 0 Å². The highest BCUT2D eigenvalue weighted by atomic mass is 32.1. The number of hydrogen-bond donors (Lipinski definition) is 1. The average molecular weight is 733 g/mol. The molecule has 0 amide bonds. The fraction of sp³-hybridized carbons (Fsp3) is 0.160. The van der Waals surface area contributed by atoms with Crippen molar-refractivity contribution < 1.29 is 5.11 Å². The number of fused-ring (bicyclic) bond motifs is 1. The van der Waals surface area contributed by atoms with Crippen LogP contribution in [0.2, 0.25) is 0 Å². The lowest BCUT2D eigenvalue weighted by Crippen LogP contribution is -2.53. The van der Waals surface area contributed by atoms with Crippen molar-refractivity contribution in [3.8, 4) is 50.5 Å². The molecule has 0 aliphatic rings. The number of aromatic nitrogens is 2. The van der Waals surface area contributed by atoms with Gasteiger partial charge in [0.25, 0.3) is 6.71 Å². The number of pyridine rings is 2. The molecule has 0 bridgehead atoms. The summed E-state index contributed by atoms with van der Waals surface area (Å²) in [5.41, 5.74) is 13.7. The van der Waals surface area contributed by atoms with Gasteiger partial charge in [-0.05, 0) is 115 Å². The van der Waals surface area contributed by atoms with Crippen molar-refractivity contribution >= 4 is 44.7 Å². The van der Waals surface area contributed by atoms with Crippen LogP contribution in [0.1, 0.15) is 52.7 Å². The number of aromatic hydroxyl groups is 1. The minimum Gasteiger partial charge on any atom is -0.507 e. The molecule has 0 atom stereocenters. The summed E-state index contributed by atoms with van der Waals surface area (Å²) in [7, 11) is 0. The summed E-state index contributed by atoms with van der Waals surface area (Å²) in [4.78, 5) is 10.2. The molecule has 5 heteroatoms. The van der Waals surface area contributed by atoms with Crippen LogP contribution in [0.3, 0.4) is 0 Å². The minimum absolute atomic E-state index is 0.0347. The van der Waals surface area contributed by atoms with Crippen LogP contribution >= 0.6 is 11.3 Å². The molecule has 3 aromatic heterocycles. The first-order chi connectivity index (χ1) is 26.4. The Morgan fingerprint density at radius 2 is 1.20 bits per heavy atom. The van der Waals surface area contributed by atoms with Crippen molar-refractivity contribution in [3.63, 3.8) is 0 Å². The molecule has 55 heavy (non-hydrogen) atoms. The zero-order valence-corrected chi connectivity index (χ0v) is 33.2. The normalized spacial score (nSPS) is 11.9. The van der Waals surface area contributed by atoms with Crippen LogP contribution in [0.15, 0.2) is 157 Å². The Morgan fingerprint density at radius 1 is 0.545 bits per heavy atom. The third-order valence-electron chi connectivity index (χ3n) is 10.5. The van der Waals surface area contributed by atoms with Crippen molar-refractivity contribution in [2.75, 3.05) is 0 Å². The number of rotatable bonds is 7. The van der Waals surface area contributed by atoms with E-state index in [0.717, 1.165) is 39.1 Å². The van der Waals surface area contributed by atoms with Crippen LogP contribution in [0, 0.1) is 0 Å². The molecular weight excluding hydrogens is 687 g/mol. The summed E-state index contributed by atoms with van der Waals surface area (Å²) in [5, 5.41) is 14.5. The molecule has 0 unspecified atom stereocenters. The maximum absolute atomic E-state index is 11.1. The monoisotopic (exact) mass is 732 g/mol. The van der Waals surface area contributed by atoms with Crippen molar-refractivity contribution in [1.82, 2.24) is 9.97 Å². The molecule has 1 N–H and O–H groups in total. The van der Waals surface area contributed by atoms with E-state index in [2.05, 4.69) is 162 Å². The van der Waals surface area contributed by atoms with Crippen LogP contribution in [0.25, 0.3) is 54.9 Å². The van der Waals surface area contributed by atoms with Gasteiger partial charge in [0, 0.05) is 22.1 Å². The number of nitrogens with zero attached hydrogens (tertiary/aromatic N) is 2. The molecule has 3 nitrogen and oxygen atoms in total. The van der Waals surface area contributed by atoms with Crippen molar-refractivity contribution in [2.45, 2.75) is 52.4 Å². The van der Waals surface area contributed by atoms with Gasteiger partial charge in [-0.1, -0.05) is 144 Å². The second kappa shape index (κ2) is 14.5. The fourth-order valence-electron chi connectivity index (χ4n) is 7.39. The Hall–Kier alpha value is -5.78. The number of thiophene rings is 1. The average Bonchev–Trinajstić information content (AvgIpc) is 3.67. The third kappa shape index (κ3) is 7.50. The summed E-state index contributed by atoms with van der Waals surface area (Å²) >= 11 is 1.78. The lowest BCUT2D eigenvalue weighted by Gasteiger charge is -2.26. The van der Waals surface area contributed by atoms with Crippen LogP contribution in [0.5, 0.6) is 5.75 Å². The Morgan fingerprint density at radius 3 is 1.91 bits per heavy atom. The number of para-hydroxylation sites is 1. The lowest BCUT2D eigenvalue weighted by molar-refractivity contribution is 0.477. The van der Waals surface area contributed by atoms with Crippen LogP contribution in [0.4, 0.5) is 0 Å². The molecule has 8 rings (SSSR count). The minimum atomic E-state index is -0.121. The largest absolute Gasteiger partial charge is 0.507 e. The molecule has 0 saturated carbocycles.